The summed E-state index contributed by atoms with van der Waals surface area (Å²) >= 11 is 6.16. The van der Waals surface area contributed by atoms with Gasteiger partial charge in [-0.15, -0.1) is 0 Å². The van der Waals surface area contributed by atoms with Crippen molar-refractivity contribution in [1.82, 2.24) is 9.78 Å². The molecule has 5 nitrogen and oxygen atoms in total. The van der Waals surface area contributed by atoms with E-state index >= 15 is 0 Å². The van der Waals surface area contributed by atoms with Crippen molar-refractivity contribution in [2.45, 2.75) is 6.54 Å². The second-order valence-corrected chi connectivity index (χ2v) is 5.99. The number of rotatable bonds is 6. The number of carbonyl (C=O) groups is 1. The van der Waals surface area contributed by atoms with Crippen LogP contribution in [0.5, 0.6) is 5.75 Å². The van der Waals surface area contributed by atoms with Gasteiger partial charge in [0.2, 0.25) is 5.91 Å². The maximum Gasteiger partial charge on any atom is 0.249 e. The summed E-state index contributed by atoms with van der Waals surface area (Å²) in [7, 11) is 1.61. The number of amides is 1. The lowest BCUT2D eigenvalue weighted by atomic mass is 10.2. The number of anilines is 1. The van der Waals surface area contributed by atoms with Crippen LogP contribution < -0.4 is 10.1 Å². The molecule has 2 aromatic carbocycles. The molecule has 0 aliphatic rings. The van der Waals surface area contributed by atoms with Crippen LogP contribution in [0.4, 0.5) is 5.82 Å². The number of hydrogen-bond acceptors (Lipinski definition) is 3. The number of benzene rings is 2. The zero-order chi connectivity index (χ0) is 18.4. The third-order valence-corrected chi connectivity index (χ3v) is 4.09. The highest BCUT2D eigenvalue weighted by molar-refractivity contribution is 6.31. The summed E-state index contributed by atoms with van der Waals surface area (Å²) in [6, 6.07) is 16.8. The van der Waals surface area contributed by atoms with Crippen LogP contribution in [0, 0.1) is 0 Å². The molecule has 0 aliphatic carbocycles. The van der Waals surface area contributed by atoms with E-state index in [4.69, 9.17) is 16.3 Å². The molecule has 0 spiro atoms. The second-order valence-electron chi connectivity index (χ2n) is 5.59. The van der Waals surface area contributed by atoms with Gasteiger partial charge in [-0.05, 0) is 35.4 Å². The summed E-state index contributed by atoms with van der Waals surface area (Å²) < 4.78 is 6.83. The molecule has 1 amide bonds. The lowest BCUT2D eigenvalue weighted by Crippen LogP contribution is -2.09. The lowest BCUT2D eigenvalue weighted by Gasteiger charge is -2.04. The first-order valence-corrected chi connectivity index (χ1v) is 8.42. The van der Waals surface area contributed by atoms with E-state index < -0.39 is 0 Å². The highest BCUT2D eigenvalue weighted by Crippen LogP contribution is 2.16. The molecule has 1 aromatic heterocycles. The minimum absolute atomic E-state index is 0.246. The van der Waals surface area contributed by atoms with Crippen molar-refractivity contribution in [3.63, 3.8) is 0 Å². The Kier molecular flexibility index (Phi) is 5.71. The third-order valence-electron chi connectivity index (χ3n) is 3.73. The van der Waals surface area contributed by atoms with Crippen molar-refractivity contribution in [1.29, 1.82) is 0 Å². The van der Waals surface area contributed by atoms with E-state index in [1.165, 1.54) is 6.08 Å². The van der Waals surface area contributed by atoms with Gasteiger partial charge in [0.25, 0.3) is 0 Å². The van der Waals surface area contributed by atoms with Gasteiger partial charge in [0.05, 0.1) is 13.7 Å². The van der Waals surface area contributed by atoms with Crippen molar-refractivity contribution in [3.8, 4) is 5.75 Å². The van der Waals surface area contributed by atoms with Crippen LogP contribution in [0.15, 0.2) is 66.9 Å². The molecule has 0 radical (unpaired) electrons. The van der Waals surface area contributed by atoms with Crippen LogP contribution in [0.2, 0.25) is 5.02 Å². The fourth-order valence-electron chi connectivity index (χ4n) is 2.37. The number of aromatic nitrogens is 2. The SMILES string of the molecule is COc1ccc(/C=C/C(=O)Nc2ccn(Cc3ccccc3Cl)n2)cc1. The summed E-state index contributed by atoms with van der Waals surface area (Å²) in [5.41, 5.74) is 1.87. The highest BCUT2D eigenvalue weighted by Gasteiger charge is 2.05. The van der Waals surface area contributed by atoms with Gasteiger partial charge in [0.1, 0.15) is 5.75 Å². The zero-order valence-corrected chi connectivity index (χ0v) is 15.0. The summed E-state index contributed by atoms with van der Waals surface area (Å²) in [6.07, 6.45) is 5.00. The predicted octanol–water partition coefficient (Wildman–Crippen LogP) is 4.25. The minimum atomic E-state index is -0.246. The van der Waals surface area contributed by atoms with Crippen LogP contribution >= 0.6 is 11.6 Å². The Morgan fingerprint density at radius 1 is 1.19 bits per heavy atom. The van der Waals surface area contributed by atoms with E-state index in [0.29, 0.717) is 17.4 Å². The maximum absolute atomic E-state index is 12.0. The Balaban J connectivity index is 1.58. The molecule has 3 rings (SSSR count). The van der Waals surface area contributed by atoms with Crippen LogP contribution in [0.1, 0.15) is 11.1 Å². The van der Waals surface area contributed by atoms with Gasteiger partial charge in [-0.3, -0.25) is 9.48 Å². The Labute approximate surface area is 156 Å². The van der Waals surface area contributed by atoms with Crippen molar-refractivity contribution >= 4 is 29.4 Å². The Bertz CT molecular complexity index is 917. The van der Waals surface area contributed by atoms with E-state index in [9.17, 15) is 4.79 Å². The molecule has 1 N–H and O–H groups in total. The first-order chi connectivity index (χ1) is 12.6. The normalized spacial score (nSPS) is 10.8. The topological polar surface area (TPSA) is 56.1 Å². The van der Waals surface area contributed by atoms with Crippen LogP contribution in [0.25, 0.3) is 6.08 Å². The van der Waals surface area contributed by atoms with E-state index in [-0.39, 0.29) is 5.91 Å². The van der Waals surface area contributed by atoms with Gasteiger partial charge >= 0.3 is 0 Å². The number of methoxy groups -OCH3 is 1. The molecule has 0 bridgehead atoms. The fraction of sp³-hybridized carbons (Fsp3) is 0.100. The molecule has 3 aromatic rings. The smallest absolute Gasteiger partial charge is 0.249 e. The first-order valence-electron chi connectivity index (χ1n) is 8.04. The number of carbonyl (C=O) groups excluding carboxylic acids is 1. The quantitative estimate of drug-likeness (QED) is 0.663. The Hall–Kier alpha value is -3.05. The molecular formula is C20H18ClN3O2. The summed E-state index contributed by atoms with van der Waals surface area (Å²) in [5, 5.41) is 7.77. The fourth-order valence-corrected chi connectivity index (χ4v) is 2.57. The summed E-state index contributed by atoms with van der Waals surface area (Å²) in [4.78, 5) is 12.0. The molecule has 1 heterocycles. The third kappa shape index (κ3) is 4.74. The molecule has 0 saturated carbocycles. The molecule has 0 atom stereocenters. The molecule has 26 heavy (non-hydrogen) atoms. The number of nitrogens with one attached hydrogen (secondary N) is 1. The Morgan fingerprint density at radius 3 is 2.69 bits per heavy atom. The van der Waals surface area contributed by atoms with E-state index in [1.807, 2.05) is 48.5 Å². The van der Waals surface area contributed by atoms with E-state index in [1.54, 1.807) is 30.1 Å². The van der Waals surface area contributed by atoms with Gasteiger partial charge < -0.3 is 10.1 Å². The van der Waals surface area contributed by atoms with Crippen LogP contribution in [-0.2, 0) is 11.3 Å². The van der Waals surface area contributed by atoms with Crippen LogP contribution in [0.3, 0.4) is 0 Å². The van der Waals surface area contributed by atoms with Crippen molar-refractivity contribution in [2.24, 2.45) is 0 Å². The minimum Gasteiger partial charge on any atom is -0.497 e. The van der Waals surface area contributed by atoms with Crippen LogP contribution in [-0.4, -0.2) is 22.8 Å². The number of ether oxygens (including phenoxy) is 1. The molecule has 132 valence electrons. The van der Waals surface area contributed by atoms with Gasteiger partial charge in [0, 0.05) is 23.4 Å². The molecular weight excluding hydrogens is 350 g/mol. The van der Waals surface area contributed by atoms with Crippen molar-refractivity contribution < 1.29 is 9.53 Å². The van der Waals surface area contributed by atoms with Gasteiger partial charge in [0.15, 0.2) is 5.82 Å². The standard InChI is InChI=1S/C20H18ClN3O2/c1-26-17-9-6-15(7-10-17)8-11-20(25)22-19-12-13-24(23-19)14-16-4-2-3-5-18(16)21/h2-13H,14H2,1H3,(H,22,23,25)/b11-8+. The Morgan fingerprint density at radius 2 is 1.96 bits per heavy atom. The monoisotopic (exact) mass is 367 g/mol. The number of hydrogen-bond donors (Lipinski definition) is 1. The highest BCUT2D eigenvalue weighted by atomic mass is 35.5. The van der Waals surface area contributed by atoms with Gasteiger partial charge in [-0.25, -0.2) is 0 Å². The first kappa shape index (κ1) is 17.8. The molecule has 0 fully saturated rings. The largest absolute Gasteiger partial charge is 0.497 e. The molecule has 0 saturated heterocycles. The lowest BCUT2D eigenvalue weighted by molar-refractivity contribution is -0.111. The average molecular weight is 368 g/mol. The van der Waals surface area contributed by atoms with Crippen molar-refractivity contribution in [2.75, 3.05) is 12.4 Å². The van der Waals surface area contributed by atoms with Gasteiger partial charge in [-0.1, -0.05) is 41.9 Å². The van der Waals surface area contributed by atoms with Gasteiger partial charge in [-0.2, -0.15) is 5.10 Å². The molecule has 0 unspecified atom stereocenters. The zero-order valence-electron chi connectivity index (χ0n) is 14.2. The van der Waals surface area contributed by atoms with E-state index in [2.05, 4.69) is 10.4 Å². The predicted molar refractivity (Wildman–Crippen MR) is 103 cm³/mol. The number of nitrogens with zero attached hydrogens (tertiary/aromatic N) is 2. The second kappa shape index (κ2) is 8.36. The maximum atomic E-state index is 12.0. The number of halogens is 1. The van der Waals surface area contributed by atoms with E-state index in [0.717, 1.165) is 16.9 Å². The average Bonchev–Trinajstić information content (AvgIpc) is 3.09. The molecule has 0 aliphatic heterocycles. The summed E-state index contributed by atoms with van der Waals surface area (Å²) in [5.74, 6) is 1.01. The summed E-state index contributed by atoms with van der Waals surface area (Å²) in [6.45, 7) is 0.539. The molecule has 6 heteroatoms. The van der Waals surface area contributed by atoms with Crippen molar-refractivity contribution in [3.05, 3.63) is 83.0 Å².